The zero-order chi connectivity index (χ0) is 28.5. The third-order valence-electron chi connectivity index (χ3n) is 6.30. The van der Waals surface area contributed by atoms with Gasteiger partial charge in [0.25, 0.3) is 0 Å². The minimum Gasteiger partial charge on any atom is -0.455 e. The summed E-state index contributed by atoms with van der Waals surface area (Å²) >= 11 is 0. The molecule has 0 atom stereocenters. The molecule has 3 aromatic carbocycles. The second-order valence-corrected chi connectivity index (χ2v) is 9.86. The molecule has 0 aliphatic rings. The second kappa shape index (κ2) is 7.59. The van der Waals surface area contributed by atoms with Crippen molar-refractivity contribution in [2.24, 2.45) is 0 Å². The molecular formula is C31H31NO. The first-order valence-corrected chi connectivity index (χ1v) is 11.1. The number of rotatable bonds is 2. The molecule has 2 aromatic heterocycles. The number of pyridine rings is 1. The Hall–Kier alpha value is -3.39. The number of hydrogen-bond donors (Lipinski definition) is 0. The number of hydrogen-bond acceptors (Lipinski definition) is 2. The molecule has 0 unspecified atom stereocenters. The van der Waals surface area contributed by atoms with Gasteiger partial charge in [-0.25, -0.2) is 0 Å². The maximum absolute atomic E-state index is 8.28. The SMILES string of the molecule is [2H]C([2H])([2H])c1cnc(-c2cccc3c2oc2cc(C)cc(C)c23)cc1-c1ccc(C(C)(C)C)cc1C([2H])([2H])[2H]. The first-order chi connectivity index (χ1) is 18.1. The van der Waals surface area contributed by atoms with Crippen molar-refractivity contribution in [1.82, 2.24) is 4.98 Å². The lowest BCUT2D eigenvalue weighted by Crippen LogP contribution is -2.11. The summed E-state index contributed by atoms with van der Waals surface area (Å²) in [4.78, 5) is 4.55. The highest BCUT2D eigenvalue weighted by Crippen LogP contribution is 2.39. The molecule has 0 saturated carbocycles. The molecule has 166 valence electrons. The molecule has 0 amide bonds. The summed E-state index contributed by atoms with van der Waals surface area (Å²) in [7, 11) is 0. The van der Waals surface area contributed by atoms with Gasteiger partial charge >= 0.3 is 0 Å². The first kappa shape index (κ1) is 15.4. The van der Waals surface area contributed by atoms with Crippen LogP contribution < -0.4 is 0 Å². The summed E-state index contributed by atoms with van der Waals surface area (Å²) < 4.78 is 55.7. The molecule has 0 bridgehead atoms. The molecule has 2 heteroatoms. The van der Waals surface area contributed by atoms with E-state index in [-0.39, 0.29) is 16.5 Å². The molecule has 2 nitrogen and oxygen atoms in total. The molecule has 2 heterocycles. The Kier molecular flexibility index (Phi) is 3.55. The Morgan fingerprint density at radius 1 is 0.818 bits per heavy atom. The number of aromatic nitrogens is 1. The fourth-order valence-electron chi connectivity index (χ4n) is 4.58. The highest BCUT2D eigenvalue weighted by Gasteiger charge is 2.18. The molecule has 0 aliphatic carbocycles. The minimum absolute atomic E-state index is 0.00325. The van der Waals surface area contributed by atoms with E-state index in [1.54, 1.807) is 18.2 Å². The molecule has 5 aromatic rings. The van der Waals surface area contributed by atoms with Gasteiger partial charge in [0, 0.05) is 30.8 Å². The predicted molar refractivity (Wildman–Crippen MR) is 140 cm³/mol. The van der Waals surface area contributed by atoms with Crippen molar-refractivity contribution < 1.29 is 12.6 Å². The smallest absolute Gasteiger partial charge is 0.144 e. The van der Waals surface area contributed by atoms with Crippen LogP contribution in [0.4, 0.5) is 0 Å². The second-order valence-electron chi connectivity index (χ2n) is 9.86. The summed E-state index contributed by atoms with van der Waals surface area (Å²) in [6.07, 6.45) is 1.34. The van der Waals surface area contributed by atoms with Gasteiger partial charge in [-0.05, 0) is 90.1 Å². The lowest BCUT2D eigenvalue weighted by atomic mass is 9.84. The number of furan rings is 1. The van der Waals surface area contributed by atoms with Gasteiger partial charge in [-0.1, -0.05) is 57.2 Å². The van der Waals surface area contributed by atoms with Gasteiger partial charge in [-0.15, -0.1) is 0 Å². The molecule has 5 rings (SSSR count). The Morgan fingerprint density at radius 3 is 2.39 bits per heavy atom. The molecule has 0 N–H and O–H groups in total. The van der Waals surface area contributed by atoms with Crippen LogP contribution in [-0.2, 0) is 5.41 Å². The van der Waals surface area contributed by atoms with Crippen LogP contribution in [0.3, 0.4) is 0 Å². The van der Waals surface area contributed by atoms with Crippen LogP contribution in [0.15, 0.2) is 65.2 Å². The number of nitrogens with zero attached hydrogens (tertiary/aromatic N) is 1. The van der Waals surface area contributed by atoms with E-state index in [1.807, 2.05) is 58.0 Å². The van der Waals surface area contributed by atoms with E-state index in [0.717, 1.165) is 33.0 Å². The van der Waals surface area contributed by atoms with E-state index in [9.17, 15) is 0 Å². The molecule has 0 aliphatic heterocycles. The van der Waals surface area contributed by atoms with E-state index >= 15 is 0 Å². The highest BCUT2D eigenvalue weighted by molar-refractivity contribution is 6.10. The van der Waals surface area contributed by atoms with Crippen molar-refractivity contribution >= 4 is 21.9 Å². The van der Waals surface area contributed by atoms with E-state index in [1.165, 1.54) is 6.20 Å². The normalized spacial score (nSPS) is 15.5. The molecule has 33 heavy (non-hydrogen) atoms. The maximum atomic E-state index is 8.28. The summed E-state index contributed by atoms with van der Waals surface area (Å²) in [6.45, 7) is 5.18. The average Bonchev–Trinajstić information content (AvgIpc) is 3.20. The summed E-state index contributed by atoms with van der Waals surface area (Å²) in [5, 5.41) is 1.97. The van der Waals surface area contributed by atoms with Gasteiger partial charge in [0.15, 0.2) is 0 Å². The standard InChI is InChI=1S/C31H31NO/c1-18-13-20(3)29-25-10-8-9-24(30(25)33-28(29)14-18)27-16-26(21(4)17-32-27)23-12-11-22(15-19(23)2)31(5,6)7/h8-17H,1-7H3/i2D3,4D3. The molecule has 0 spiro atoms. The van der Waals surface area contributed by atoms with Crippen molar-refractivity contribution in [3.8, 4) is 22.4 Å². The average molecular weight is 440 g/mol. The van der Waals surface area contributed by atoms with Crippen molar-refractivity contribution in [2.45, 2.75) is 53.7 Å². The zero-order valence-electron chi connectivity index (χ0n) is 25.6. The summed E-state index contributed by atoms with van der Waals surface area (Å²) in [6, 6.07) is 16.9. The van der Waals surface area contributed by atoms with E-state index in [0.29, 0.717) is 28.0 Å². The van der Waals surface area contributed by atoms with Gasteiger partial charge in [-0.2, -0.15) is 0 Å². The van der Waals surface area contributed by atoms with Crippen molar-refractivity contribution in [3.05, 3.63) is 88.6 Å². The van der Waals surface area contributed by atoms with Crippen LogP contribution in [0, 0.1) is 27.6 Å². The van der Waals surface area contributed by atoms with Gasteiger partial charge in [0.05, 0.1) is 5.69 Å². The fraction of sp³-hybridized carbons (Fsp3) is 0.258. The number of para-hydroxylation sites is 1. The highest BCUT2D eigenvalue weighted by atomic mass is 16.3. The first-order valence-electron chi connectivity index (χ1n) is 14.1. The van der Waals surface area contributed by atoms with E-state index in [2.05, 4.69) is 18.0 Å². The largest absolute Gasteiger partial charge is 0.455 e. The van der Waals surface area contributed by atoms with Crippen molar-refractivity contribution in [3.63, 3.8) is 0 Å². The zero-order valence-corrected chi connectivity index (χ0v) is 19.6. The van der Waals surface area contributed by atoms with E-state index in [4.69, 9.17) is 12.6 Å². The van der Waals surface area contributed by atoms with Gasteiger partial charge in [-0.3, -0.25) is 4.98 Å². The lowest BCUT2D eigenvalue weighted by molar-refractivity contribution is 0.590. The number of fused-ring (bicyclic) bond motifs is 3. The van der Waals surface area contributed by atoms with Crippen LogP contribution >= 0.6 is 0 Å². The lowest BCUT2D eigenvalue weighted by Gasteiger charge is -2.21. The minimum atomic E-state index is -2.49. The van der Waals surface area contributed by atoms with Gasteiger partial charge in [0.2, 0.25) is 0 Å². The number of aryl methyl sites for hydroxylation is 4. The Bertz CT molecular complexity index is 1740. The Morgan fingerprint density at radius 2 is 1.64 bits per heavy atom. The van der Waals surface area contributed by atoms with Gasteiger partial charge in [0.1, 0.15) is 11.2 Å². The van der Waals surface area contributed by atoms with Gasteiger partial charge < -0.3 is 4.42 Å². The molecule has 0 radical (unpaired) electrons. The van der Waals surface area contributed by atoms with Crippen LogP contribution in [0.1, 0.15) is 56.8 Å². The molecule has 0 fully saturated rings. The molecule has 0 saturated heterocycles. The van der Waals surface area contributed by atoms with E-state index < -0.39 is 13.7 Å². The number of benzene rings is 3. The van der Waals surface area contributed by atoms with Crippen LogP contribution in [-0.4, -0.2) is 4.98 Å². The Labute approximate surface area is 204 Å². The topological polar surface area (TPSA) is 26.0 Å². The quantitative estimate of drug-likeness (QED) is 0.274. The van der Waals surface area contributed by atoms with Crippen molar-refractivity contribution in [2.75, 3.05) is 0 Å². The van der Waals surface area contributed by atoms with Crippen LogP contribution in [0.25, 0.3) is 44.3 Å². The molecular weight excluding hydrogens is 402 g/mol. The third-order valence-corrected chi connectivity index (χ3v) is 6.30. The van der Waals surface area contributed by atoms with Crippen molar-refractivity contribution in [1.29, 1.82) is 0 Å². The fourth-order valence-corrected chi connectivity index (χ4v) is 4.58. The van der Waals surface area contributed by atoms with Crippen LogP contribution in [0.5, 0.6) is 0 Å². The Balaban J connectivity index is 1.81. The third kappa shape index (κ3) is 3.64. The predicted octanol–water partition coefficient (Wildman–Crippen LogP) is 8.85. The monoisotopic (exact) mass is 439 g/mol. The summed E-state index contributed by atoms with van der Waals surface area (Å²) in [5.74, 6) is 0. The van der Waals surface area contributed by atoms with Crippen LogP contribution in [0.2, 0.25) is 0 Å². The summed E-state index contributed by atoms with van der Waals surface area (Å²) in [5.41, 5.74) is 6.24. The maximum Gasteiger partial charge on any atom is 0.144 e.